The maximum atomic E-state index is 12.5. The Balaban J connectivity index is 1.42. The molecule has 0 saturated carbocycles. The van der Waals surface area contributed by atoms with Crippen molar-refractivity contribution in [3.05, 3.63) is 47.1 Å². The number of anilines is 2. The summed E-state index contributed by atoms with van der Waals surface area (Å²) in [4.78, 5) is 21.5. The van der Waals surface area contributed by atoms with E-state index in [1.807, 2.05) is 31.2 Å². The largest absolute Gasteiger partial charge is 0.372 e. The van der Waals surface area contributed by atoms with Crippen molar-refractivity contribution in [1.82, 2.24) is 15.2 Å². The SMILES string of the molecule is Cc1ccc(-c2cc(C(=O)Nc3ccc(N4C[C@@H](C)O[C@@H](C)C4)nc3)n[nH]2)s1. The Labute approximate surface area is 167 Å². The summed E-state index contributed by atoms with van der Waals surface area (Å²) in [5.41, 5.74) is 1.83. The van der Waals surface area contributed by atoms with Crippen LogP contribution in [-0.2, 0) is 4.74 Å². The van der Waals surface area contributed by atoms with Crippen LogP contribution in [0.4, 0.5) is 11.5 Å². The van der Waals surface area contributed by atoms with Crippen molar-refractivity contribution in [3.8, 4) is 10.6 Å². The number of aromatic amines is 1. The number of H-pyrrole nitrogens is 1. The van der Waals surface area contributed by atoms with Crippen LogP contribution in [0.2, 0.25) is 0 Å². The van der Waals surface area contributed by atoms with E-state index in [9.17, 15) is 4.79 Å². The lowest BCUT2D eigenvalue weighted by Crippen LogP contribution is -2.45. The van der Waals surface area contributed by atoms with E-state index in [1.165, 1.54) is 4.88 Å². The van der Waals surface area contributed by atoms with Crippen molar-refractivity contribution >= 4 is 28.7 Å². The summed E-state index contributed by atoms with van der Waals surface area (Å²) < 4.78 is 5.76. The first-order valence-corrected chi connectivity index (χ1v) is 10.1. The fraction of sp³-hybridized carbons (Fsp3) is 0.350. The van der Waals surface area contributed by atoms with Crippen molar-refractivity contribution in [3.63, 3.8) is 0 Å². The van der Waals surface area contributed by atoms with E-state index >= 15 is 0 Å². The molecule has 8 heteroatoms. The molecule has 2 N–H and O–H groups in total. The van der Waals surface area contributed by atoms with Crippen molar-refractivity contribution in [2.75, 3.05) is 23.3 Å². The highest BCUT2D eigenvalue weighted by Crippen LogP contribution is 2.26. The highest BCUT2D eigenvalue weighted by Gasteiger charge is 2.23. The van der Waals surface area contributed by atoms with Gasteiger partial charge in [-0.25, -0.2) is 4.98 Å². The lowest BCUT2D eigenvalue weighted by Gasteiger charge is -2.36. The highest BCUT2D eigenvalue weighted by atomic mass is 32.1. The minimum absolute atomic E-state index is 0.172. The molecule has 2 atom stereocenters. The third-order valence-electron chi connectivity index (χ3n) is 4.57. The number of hydrogen-bond donors (Lipinski definition) is 2. The van der Waals surface area contributed by atoms with Crippen LogP contribution in [0, 0.1) is 6.92 Å². The van der Waals surface area contributed by atoms with Crippen molar-refractivity contribution in [2.24, 2.45) is 0 Å². The second-order valence-corrected chi connectivity index (χ2v) is 8.39. The number of aryl methyl sites for hydroxylation is 1. The molecule has 1 amide bonds. The number of thiophene rings is 1. The van der Waals surface area contributed by atoms with Crippen LogP contribution in [-0.4, -0.2) is 46.4 Å². The number of amides is 1. The van der Waals surface area contributed by atoms with Gasteiger partial charge in [-0.15, -0.1) is 11.3 Å². The van der Waals surface area contributed by atoms with Gasteiger partial charge >= 0.3 is 0 Å². The number of pyridine rings is 1. The Hall–Kier alpha value is -2.71. The minimum atomic E-state index is -0.265. The van der Waals surface area contributed by atoms with E-state index in [1.54, 1.807) is 23.6 Å². The van der Waals surface area contributed by atoms with Crippen LogP contribution in [0.5, 0.6) is 0 Å². The van der Waals surface area contributed by atoms with Crippen molar-refractivity contribution in [1.29, 1.82) is 0 Å². The molecule has 4 heterocycles. The zero-order valence-electron chi connectivity index (χ0n) is 16.1. The fourth-order valence-corrected chi connectivity index (χ4v) is 4.18. The van der Waals surface area contributed by atoms with Gasteiger partial charge in [0.15, 0.2) is 5.69 Å². The molecule has 1 aliphatic heterocycles. The van der Waals surface area contributed by atoms with Crippen LogP contribution in [0.1, 0.15) is 29.2 Å². The van der Waals surface area contributed by atoms with E-state index in [0.29, 0.717) is 11.4 Å². The van der Waals surface area contributed by atoms with Gasteiger partial charge in [0.05, 0.1) is 34.7 Å². The topological polar surface area (TPSA) is 83.1 Å². The molecular weight excluding hydrogens is 374 g/mol. The Morgan fingerprint density at radius 3 is 2.68 bits per heavy atom. The number of rotatable bonds is 4. The predicted molar refractivity (Wildman–Crippen MR) is 111 cm³/mol. The van der Waals surface area contributed by atoms with E-state index in [0.717, 1.165) is 29.5 Å². The summed E-state index contributed by atoms with van der Waals surface area (Å²) in [6.07, 6.45) is 2.02. The molecule has 0 aliphatic carbocycles. The molecule has 0 unspecified atom stereocenters. The molecule has 1 saturated heterocycles. The number of ether oxygens (including phenoxy) is 1. The first kappa shape index (κ1) is 18.6. The molecule has 0 radical (unpaired) electrons. The normalized spacial score (nSPS) is 19.6. The molecule has 1 aliphatic rings. The number of morpholine rings is 1. The van der Waals surface area contributed by atoms with Gasteiger partial charge in [-0.2, -0.15) is 5.10 Å². The summed E-state index contributed by atoms with van der Waals surface area (Å²) in [6, 6.07) is 9.61. The van der Waals surface area contributed by atoms with Gasteiger partial charge in [-0.3, -0.25) is 9.89 Å². The molecular formula is C20H23N5O2S. The first-order chi connectivity index (χ1) is 13.5. The number of hydrogen-bond acceptors (Lipinski definition) is 6. The number of carbonyl (C=O) groups is 1. The van der Waals surface area contributed by atoms with Gasteiger partial charge < -0.3 is 15.0 Å². The maximum Gasteiger partial charge on any atom is 0.276 e. The zero-order valence-corrected chi connectivity index (χ0v) is 16.9. The molecule has 28 heavy (non-hydrogen) atoms. The predicted octanol–water partition coefficient (Wildman–Crippen LogP) is 3.71. The van der Waals surface area contributed by atoms with Gasteiger partial charge in [0.25, 0.3) is 5.91 Å². The lowest BCUT2D eigenvalue weighted by atomic mass is 10.2. The average Bonchev–Trinajstić information content (AvgIpc) is 3.30. The smallest absolute Gasteiger partial charge is 0.276 e. The molecule has 1 fully saturated rings. The monoisotopic (exact) mass is 397 g/mol. The standard InChI is InChI=1S/C20H23N5O2S/c1-12-10-25(11-13(2)27-12)19-7-5-15(9-21-19)22-20(26)17-8-16(23-24-17)18-6-4-14(3)28-18/h4-9,12-13H,10-11H2,1-3H3,(H,22,26)(H,23,24)/t12-,13+. The van der Waals surface area contributed by atoms with E-state index in [-0.39, 0.29) is 18.1 Å². The number of nitrogens with one attached hydrogen (secondary N) is 2. The van der Waals surface area contributed by atoms with Gasteiger partial charge in [0.1, 0.15) is 5.82 Å². The third kappa shape index (κ3) is 4.07. The maximum absolute atomic E-state index is 12.5. The van der Waals surface area contributed by atoms with E-state index < -0.39 is 0 Å². The van der Waals surface area contributed by atoms with Crippen LogP contribution in [0.25, 0.3) is 10.6 Å². The number of nitrogens with zero attached hydrogens (tertiary/aromatic N) is 3. The molecule has 3 aromatic rings. The Kier molecular flexibility index (Phi) is 5.15. The summed E-state index contributed by atoms with van der Waals surface area (Å²) >= 11 is 1.66. The molecule has 7 nitrogen and oxygen atoms in total. The molecule has 4 rings (SSSR count). The Bertz CT molecular complexity index is 955. The Morgan fingerprint density at radius 1 is 1.25 bits per heavy atom. The van der Waals surface area contributed by atoms with Gasteiger partial charge in [0, 0.05) is 18.0 Å². The number of aromatic nitrogens is 3. The van der Waals surface area contributed by atoms with E-state index in [2.05, 4.69) is 39.2 Å². The molecule has 146 valence electrons. The van der Waals surface area contributed by atoms with Crippen molar-refractivity contribution < 1.29 is 9.53 Å². The van der Waals surface area contributed by atoms with Gasteiger partial charge in [0.2, 0.25) is 0 Å². The minimum Gasteiger partial charge on any atom is -0.372 e. The zero-order chi connectivity index (χ0) is 19.7. The summed E-state index contributed by atoms with van der Waals surface area (Å²) in [5.74, 6) is 0.620. The molecule has 0 aromatic carbocycles. The van der Waals surface area contributed by atoms with E-state index in [4.69, 9.17) is 4.74 Å². The quantitative estimate of drug-likeness (QED) is 0.701. The average molecular weight is 398 g/mol. The van der Waals surface area contributed by atoms with Crippen LogP contribution in [0.3, 0.4) is 0 Å². The lowest BCUT2D eigenvalue weighted by molar-refractivity contribution is -0.00545. The van der Waals surface area contributed by atoms with Crippen LogP contribution in [0.15, 0.2) is 36.5 Å². The third-order valence-corrected chi connectivity index (χ3v) is 5.60. The van der Waals surface area contributed by atoms with Crippen molar-refractivity contribution in [2.45, 2.75) is 33.0 Å². The molecule has 3 aromatic heterocycles. The highest BCUT2D eigenvalue weighted by molar-refractivity contribution is 7.15. The van der Waals surface area contributed by atoms with Crippen LogP contribution < -0.4 is 10.2 Å². The summed E-state index contributed by atoms with van der Waals surface area (Å²) in [6.45, 7) is 7.79. The van der Waals surface area contributed by atoms with Crippen LogP contribution >= 0.6 is 11.3 Å². The molecule has 0 spiro atoms. The van der Waals surface area contributed by atoms with Gasteiger partial charge in [-0.05, 0) is 51.1 Å². The second kappa shape index (κ2) is 7.73. The van der Waals surface area contributed by atoms with Gasteiger partial charge in [-0.1, -0.05) is 0 Å². The Morgan fingerprint density at radius 2 is 2.04 bits per heavy atom. The number of carbonyl (C=O) groups excluding carboxylic acids is 1. The molecule has 0 bridgehead atoms. The first-order valence-electron chi connectivity index (χ1n) is 9.28. The summed E-state index contributed by atoms with van der Waals surface area (Å²) in [7, 11) is 0. The summed E-state index contributed by atoms with van der Waals surface area (Å²) in [5, 5.41) is 9.91. The fourth-order valence-electron chi connectivity index (χ4n) is 3.35. The second-order valence-electron chi connectivity index (χ2n) is 7.10.